The highest BCUT2D eigenvalue weighted by molar-refractivity contribution is 5.60. The van der Waals surface area contributed by atoms with Crippen LogP contribution in [-0.2, 0) is 0 Å². The van der Waals surface area contributed by atoms with Crippen LogP contribution in [0.15, 0.2) is 18.2 Å². The second-order valence-corrected chi connectivity index (χ2v) is 5.28. The molecule has 3 heteroatoms. The van der Waals surface area contributed by atoms with Crippen LogP contribution in [0.2, 0.25) is 0 Å². The van der Waals surface area contributed by atoms with Gasteiger partial charge < -0.3 is 15.4 Å². The average molecular weight is 250 g/mol. The summed E-state index contributed by atoms with van der Waals surface area (Å²) in [7, 11) is 3.81. The van der Waals surface area contributed by atoms with Gasteiger partial charge in [0.05, 0.1) is 7.11 Å². The Morgan fingerprint density at radius 1 is 1.17 bits per heavy atom. The van der Waals surface area contributed by atoms with Gasteiger partial charge >= 0.3 is 0 Å². The van der Waals surface area contributed by atoms with Crippen LogP contribution in [0.5, 0.6) is 5.75 Å². The fourth-order valence-corrected chi connectivity index (χ4v) is 2.14. The third-order valence-corrected chi connectivity index (χ3v) is 3.67. The Hall–Kier alpha value is -1.22. The van der Waals surface area contributed by atoms with E-state index in [4.69, 9.17) is 10.5 Å². The van der Waals surface area contributed by atoms with Gasteiger partial charge in [-0.05, 0) is 31.9 Å². The van der Waals surface area contributed by atoms with Crippen LogP contribution in [0.3, 0.4) is 0 Å². The van der Waals surface area contributed by atoms with Gasteiger partial charge in [0.1, 0.15) is 5.75 Å². The lowest BCUT2D eigenvalue weighted by Crippen LogP contribution is -2.34. The molecule has 1 aromatic carbocycles. The summed E-state index contributed by atoms with van der Waals surface area (Å²) in [5.74, 6) is 1.45. The molecule has 0 aliphatic heterocycles. The van der Waals surface area contributed by atoms with Gasteiger partial charge in [0, 0.05) is 30.4 Å². The SMILES string of the molecule is COc1cccc(N(C)C(C)C(C)C)c1C(C)N. The van der Waals surface area contributed by atoms with E-state index < -0.39 is 0 Å². The number of nitrogens with zero attached hydrogens (tertiary/aromatic N) is 1. The molecule has 2 unspecified atom stereocenters. The molecule has 1 aromatic rings. The Bertz CT molecular complexity index is 388. The van der Waals surface area contributed by atoms with Crippen LogP contribution in [0.25, 0.3) is 0 Å². The molecule has 0 amide bonds. The quantitative estimate of drug-likeness (QED) is 0.872. The standard InChI is InChI=1S/C15H26N2O/c1-10(2)12(4)17(5)13-8-7-9-14(18-6)15(13)11(3)16/h7-12H,16H2,1-6H3. The molecule has 0 spiro atoms. The van der Waals surface area contributed by atoms with E-state index in [1.807, 2.05) is 19.1 Å². The van der Waals surface area contributed by atoms with Crippen LogP contribution < -0.4 is 15.4 Å². The van der Waals surface area contributed by atoms with Gasteiger partial charge in [0.2, 0.25) is 0 Å². The van der Waals surface area contributed by atoms with Crippen molar-refractivity contribution in [3.8, 4) is 5.75 Å². The third-order valence-electron chi connectivity index (χ3n) is 3.67. The van der Waals surface area contributed by atoms with Crippen LogP contribution in [0.4, 0.5) is 5.69 Å². The van der Waals surface area contributed by atoms with Crippen LogP contribution >= 0.6 is 0 Å². The van der Waals surface area contributed by atoms with Crippen molar-refractivity contribution in [3.05, 3.63) is 23.8 Å². The minimum atomic E-state index is -0.0436. The van der Waals surface area contributed by atoms with E-state index in [2.05, 4.69) is 38.8 Å². The summed E-state index contributed by atoms with van der Waals surface area (Å²) in [6, 6.07) is 6.51. The topological polar surface area (TPSA) is 38.5 Å². The highest BCUT2D eigenvalue weighted by Crippen LogP contribution is 2.34. The normalized spacial score (nSPS) is 14.4. The Kier molecular flexibility index (Phi) is 5.03. The molecule has 0 aliphatic rings. The van der Waals surface area contributed by atoms with Gasteiger partial charge in [-0.15, -0.1) is 0 Å². The van der Waals surface area contributed by atoms with Crippen molar-refractivity contribution in [2.75, 3.05) is 19.1 Å². The first kappa shape index (κ1) is 14.8. The lowest BCUT2D eigenvalue weighted by Gasteiger charge is -2.33. The molecule has 2 N–H and O–H groups in total. The highest BCUT2D eigenvalue weighted by Gasteiger charge is 2.20. The zero-order valence-corrected chi connectivity index (χ0v) is 12.4. The summed E-state index contributed by atoms with van der Waals surface area (Å²) in [5.41, 5.74) is 8.33. The molecular formula is C15H26N2O. The summed E-state index contributed by atoms with van der Waals surface area (Å²) >= 11 is 0. The molecule has 18 heavy (non-hydrogen) atoms. The van der Waals surface area contributed by atoms with E-state index in [0.717, 1.165) is 17.0 Å². The summed E-state index contributed by atoms with van der Waals surface area (Å²) < 4.78 is 5.43. The zero-order valence-electron chi connectivity index (χ0n) is 12.4. The lowest BCUT2D eigenvalue weighted by molar-refractivity contribution is 0.406. The number of methoxy groups -OCH3 is 1. The Balaban J connectivity index is 3.23. The van der Waals surface area contributed by atoms with Crippen molar-refractivity contribution in [2.45, 2.75) is 39.8 Å². The zero-order chi connectivity index (χ0) is 13.9. The molecule has 2 atom stereocenters. The fourth-order valence-electron chi connectivity index (χ4n) is 2.14. The highest BCUT2D eigenvalue weighted by atomic mass is 16.5. The van der Waals surface area contributed by atoms with E-state index >= 15 is 0 Å². The summed E-state index contributed by atoms with van der Waals surface area (Å²) in [6.07, 6.45) is 0. The number of anilines is 1. The predicted molar refractivity (Wildman–Crippen MR) is 78.3 cm³/mol. The summed E-state index contributed by atoms with van der Waals surface area (Å²) in [6.45, 7) is 8.68. The maximum absolute atomic E-state index is 6.10. The van der Waals surface area contributed by atoms with E-state index in [0.29, 0.717) is 12.0 Å². The summed E-state index contributed by atoms with van der Waals surface area (Å²) in [5, 5.41) is 0. The molecule has 0 aromatic heterocycles. The monoisotopic (exact) mass is 250 g/mol. The van der Waals surface area contributed by atoms with E-state index in [-0.39, 0.29) is 6.04 Å². The molecule has 0 radical (unpaired) electrons. The van der Waals surface area contributed by atoms with Crippen molar-refractivity contribution < 1.29 is 4.74 Å². The molecule has 102 valence electrons. The average Bonchev–Trinajstić information content (AvgIpc) is 2.35. The number of ether oxygens (including phenoxy) is 1. The molecule has 0 bridgehead atoms. The number of hydrogen-bond donors (Lipinski definition) is 1. The fraction of sp³-hybridized carbons (Fsp3) is 0.600. The first-order valence-electron chi connectivity index (χ1n) is 6.55. The Morgan fingerprint density at radius 2 is 1.78 bits per heavy atom. The first-order chi connectivity index (χ1) is 8.40. The minimum Gasteiger partial charge on any atom is -0.496 e. The molecule has 0 aliphatic carbocycles. The number of benzene rings is 1. The molecule has 0 heterocycles. The number of rotatable bonds is 5. The van der Waals surface area contributed by atoms with E-state index in [1.165, 1.54) is 0 Å². The van der Waals surface area contributed by atoms with Crippen LogP contribution in [0.1, 0.15) is 39.3 Å². The molecular weight excluding hydrogens is 224 g/mol. The van der Waals surface area contributed by atoms with Gasteiger partial charge in [0.15, 0.2) is 0 Å². The second kappa shape index (κ2) is 6.10. The molecule has 3 nitrogen and oxygen atoms in total. The molecule has 0 fully saturated rings. The van der Waals surface area contributed by atoms with Crippen LogP contribution in [-0.4, -0.2) is 20.2 Å². The molecule has 1 rings (SSSR count). The second-order valence-electron chi connectivity index (χ2n) is 5.28. The molecule has 0 saturated heterocycles. The lowest BCUT2D eigenvalue weighted by atomic mass is 10.00. The Morgan fingerprint density at radius 3 is 2.22 bits per heavy atom. The van der Waals surface area contributed by atoms with Crippen molar-refractivity contribution >= 4 is 5.69 Å². The number of hydrogen-bond acceptors (Lipinski definition) is 3. The Labute approximate surface area is 111 Å². The van der Waals surface area contributed by atoms with Crippen molar-refractivity contribution in [1.29, 1.82) is 0 Å². The van der Waals surface area contributed by atoms with Gasteiger partial charge in [-0.25, -0.2) is 0 Å². The number of nitrogens with two attached hydrogens (primary N) is 1. The predicted octanol–water partition coefficient (Wildman–Crippen LogP) is 3.20. The van der Waals surface area contributed by atoms with Crippen molar-refractivity contribution in [2.24, 2.45) is 11.7 Å². The van der Waals surface area contributed by atoms with Gasteiger partial charge in [-0.3, -0.25) is 0 Å². The summed E-state index contributed by atoms with van der Waals surface area (Å²) in [4.78, 5) is 2.28. The van der Waals surface area contributed by atoms with E-state index in [9.17, 15) is 0 Å². The van der Waals surface area contributed by atoms with Crippen molar-refractivity contribution in [1.82, 2.24) is 0 Å². The smallest absolute Gasteiger partial charge is 0.125 e. The van der Waals surface area contributed by atoms with Gasteiger partial charge in [0.25, 0.3) is 0 Å². The van der Waals surface area contributed by atoms with Gasteiger partial charge in [-0.1, -0.05) is 19.9 Å². The molecule has 0 saturated carbocycles. The van der Waals surface area contributed by atoms with Crippen molar-refractivity contribution in [3.63, 3.8) is 0 Å². The maximum Gasteiger partial charge on any atom is 0.125 e. The van der Waals surface area contributed by atoms with Crippen LogP contribution in [0, 0.1) is 5.92 Å². The van der Waals surface area contributed by atoms with Gasteiger partial charge in [-0.2, -0.15) is 0 Å². The first-order valence-corrected chi connectivity index (χ1v) is 6.55. The largest absolute Gasteiger partial charge is 0.496 e. The maximum atomic E-state index is 6.10. The van der Waals surface area contributed by atoms with E-state index in [1.54, 1.807) is 7.11 Å². The third kappa shape index (κ3) is 2.96. The minimum absolute atomic E-state index is 0.0436.